The number of benzene rings is 1. The summed E-state index contributed by atoms with van der Waals surface area (Å²) in [4.78, 5) is 17.4. The van der Waals surface area contributed by atoms with Gasteiger partial charge in [0, 0.05) is 13.1 Å². The van der Waals surface area contributed by atoms with E-state index in [-0.39, 0.29) is 10.5 Å². The van der Waals surface area contributed by atoms with Crippen molar-refractivity contribution in [3.63, 3.8) is 0 Å². The summed E-state index contributed by atoms with van der Waals surface area (Å²) in [6.45, 7) is 0. The summed E-state index contributed by atoms with van der Waals surface area (Å²) < 4.78 is 27.4. The lowest BCUT2D eigenvalue weighted by Crippen LogP contribution is -2.33. The third-order valence-electron chi connectivity index (χ3n) is 4.90. The number of nitrogens with zero attached hydrogens (tertiary/aromatic N) is 2. The lowest BCUT2D eigenvalue weighted by atomic mass is 9.94. The van der Waals surface area contributed by atoms with Crippen molar-refractivity contribution < 1.29 is 18.3 Å². The molecule has 8 heteroatoms. The Morgan fingerprint density at radius 2 is 1.78 bits per heavy atom. The molecule has 0 bridgehead atoms. The average Bonchev–Trinajstić information content (AvgIpc) is 2.68. The third-order valence-corrected chi connectivity index (χ3v) is 6.29. The zero-order chi connectivity index (χ0) is 19.4. The van der Waals surface area contributed by atoms with Crippen molar-refractivity contribution in [1.82, 2.24) is 4.98 Å². The van der Waals surface area contributed by atoms with Gasteiger partial charge in [0.15, 0.2) is 0 Å². The Balaban J connectivity index is 1.70. The van der Waals surface area contributed by atoms with Gasteiger partial charge in [-0.25, -0.2) is 18.2 Å². The van der Waals surface area contributed by atoms with E-state index in [1.807, 2.05) is 7.05 Å². The van der Waals surface area contributed by atoms with Gasteiger partial charge >= 0.3 is 5.97 Å². The van der Waals surface area contributed by atoms with Gasteiger partial charge in [-0.05, 0) is 49.2 Å². The Hall–Kier alpha value is -2.61. The Morgan fingerprint density at radius 1 is 1.11 bits per heavy atom. The van der Waals surface area contributed by atoms with Crippen LogP contribution in [0.5, 0.6) is 0 Å². The minimum Gasteiger partial charge on any atom is -0.478 e. The monoisotopic (exact) mass is 389 g/mol. The van der Waals surface area contributed by atoms with E-state index in [9.17, 15) is 13.2 Å². The summed E-state index contributed by atoms with van der Waals surface area (Å²) in [6, 6.07) is 9.02. The number of aromatic carboxylic acids is 1. The van der Waals surface area contributed by atoms with Gasteiger partial charge in [0.2, 0.25) is 0 Å². The number of rotatable bonds is 6. The maximum Gasteiger partial charge on any atom is 0.335 e. The average molecular weight is 389 g/mol. The van der Waals surface area contributed by atoms with Crippen LogP contribution in [0, 0.1) is 0 Å². The fraction of sp³-hybridized carbons (Fsp3) is 0.368. The zero-order valence-electron chi connectivity index (χ0n) is 15.1. The van der Waals surface area contributed by atoms with Gasteiger partial charge in [-0.2, -0.15) is 0 Å². The Morgan fingerprint density at radius 3 is 2.33 bits per heavy atom. The number of carboxylic acids is 1. The molecule has 1 aromatic heterocycles. The van der Waals surface area contributed by atoms with Crippen molar-refractivity contribution in [1.29, 1.82) is 0 Å². The lowest BCUT2D eigenvalue weighted by molar-refractivity contribution is 0.0696. The summed E-state index contributed by atoms with van der Waals surface area (Å²) >= 11 is 0. The first-order valence-corrected chi connectivity index (χ1v) is 10.4. The number of aromatic nitrogens is 1. The van der Waals surface area contributed by atoms with Crippen molar-refractivity contribution in [2.24, 2.45) is 0 Å². The Bertz CT molecular complexity index is 890. The van der Waals surface area contributed by atoms with Crippen LogP contribution in [0.1, 0.15) is 42.5 Å². The number of carboxylic acid groups (broad SMARTS) is 1. The number of hydrogen-bond acceptors (Lipinski definition) is 5. The predicted octanol–water partition coefficient (Wildman–Crippen LogP) is 3.35. The molecular weight excluding hydrogens is 366 g/mol. The quantitative estimate of drug-likeness (QED) is 0.786. The number of anilines is 2. The molecule has 0 amide bonds. The molecule has 0 atom stereocenters. The molecule has 27 heavy (non-hydrogen) atoms. The zero-order valence-corrected chi connectivity index (χ0v) is 15.9. The van der Waals surface area contributed by atoms with Crippen molar-refractivity contribution in [3.8, 4) is 0 Å². The van der Waals surface area contributed by atoms with Gasteiger partial charge < -0.3 is 10.0 Å². The first-order valence-electron chi connectivity index (χ1n) is 8.92. The van der Waals surface area contributed by atoms with Crippen LogP contribution in [0.4, 0.5) is 11.5 Å². The largest absolute Gasteiger partial charge is 0.478 e. The van der Waals surface area contributed by atoms with Crippen LogP contribution >= 0.6 is 0 Å². The molecular formula is C19H23N3O4S. The molecule has 0 spiro atoms. The van der Waals surface area contributed by atoms with E-state index < -0.39 is 16.0 Å². The Kier molecular flexibility index (Phi) is 5.65. The third kappa shape index (κ3) is 4.57. The highest BCUT2D eigenvalue weighted by atomic mass is 32.2. The maximum atomic E-state index is 12.5. The van der Waals surface area contributed by atoms with Crippen molar-refractivity contribution >= 4 is 27.5 Å². The highest BCUT2D eigenvalue weighted by Gasteiger charge is 2.20. The molecule has 1 heterocycles. The SMILES string of the molecule is CN(c1ccc(NS(=O)(=O)c2ccc(C(=O)O)cc2)cn1)C1CCCCC1. The normalized spacial score (nSPS) is 15.3. The van der Waals surface area contributed by atoms with E-state index in [4.69, 9.17) is 5.11 Å². The molecule has 0 aliphatic heterocycles. The molecule has 3 rings (SSSR count). The molecule has 0 radical (unpaired) electrons. The fourth-order valence-corrected chi connectivity index (χ4v) is 4.34. The number of pyridine rings is 1. The van der Waals surface area contributed by atoms with Gasteiger partial charge in [-0.1, -0.05) is 19.3 Å². The van der Waals surface area contributed by atoms with Crippen molar-refractivity contribution in [3.05, 3.63) is 48.2 Å². The number of nitrogens with one attached hydrogen (secondary N) is 1. The molecule has 0 saturated heterocycles. The van der Waals surface area contributed by atoms with E-state index in [0.29, 0.717) is 11.7 Å². The minimum absolute atomic E-state index is 0.00380. The Labute approximate surface area is 159 Å². The van der Waals surface area contributed by atoms with Crippen LogP contribution in [0.25, 0.3) is 0 Å². The summed E-state index contributed by atoms with van der Waals surface area (Å²) in [5, 5.41) is 8.90. The van der Waals surface area contributed by atoms with Gasteiger partial charge in [0.25, 0.3) is 10.0 Å². The number of carbonyl (C=O) groups is 1. The van der Waals surface area contributed by atoms with Crippen LogP contribution in [-0.2, 0) is 10.0 Å². The molecule has 144 valence electrons. The second kappa shape index (κ2) is 7.96. The van der Waals surface area contributed by atoms with Gasteiger partial charge in [0.05, 0.1) is 22.3 Å². The van der Waals surface area contributed by atoms with E-state index >= 15 is 0 Å². The molecule has 0 unspecified atom stereocenters. The van der Waals surface area contributed by atoms with E-state index in [2.05, 4.69) is 14.6 Å². The molecule has 1 aliphatic rings. The van der Waals surface area contributed by atoms with Gasteiger partial charge in [-0.3, -0.25) is 4.72 Å². The molecule has 1 fully saturated rings. The van der Waals surface area contributed by atoms with Crippen molar-refractivity contribution in [2.45, 2.75) is 43.0 Å². The van der Waals surface area contributed by atoms with Crippen LogP contribution < -0.4 is 9.62 Å². The highest BCUT2D eigenvalue weighted by Crippen LogP contribution is 2.26. The number of hydrogen-bond donors (Lipinski definition) is 2. The summed E-state index contributed by atoms with van der Waals surface area (Å²) in [5.74, 6) is -0.288. The predicted molar refractivity (Wildman–Crippen MR) is 104 cm³/mol. The summed E-state index contributed by atoms with van der Waals surface area (Å²) in [6.07, 6.45) is 7.54. The van der Waals surface area contributed by atoms with Crippen LogP contribution in [0.3, 0.4) is 0 Å². The van der Waals surface area contributed by atoms with E-state index in [0.717, 1.165) is 18.7 Å². The molecule has 1 aromatic carbocycles. The standard InChI is InChI=1S/C19H23N3O4S/c1-22(16-5-3-2-4-6-16)18-12-9-15(13-20-18)21-27(25,26)17-10-7-14(8-11-17)19(23)24/h7-13,16,21H,2-6H2,1H3,(H,23,24). The van der Waals surface area contributed by atoms with Gasteiger partial charge in [0.1, 0.15) is 5.82 Å². The molecule has 1 saturated carbocycles. The van der Waals surface area contributed by atoms with Gasteiger partial charge in [-0.15, -0.1) is 0 Å². The first-order chi connectivity index (χ1) is 12.9. The van der Waals surface area contributed by atoms with E-state index in [1.54, 1.807) is 12.1 Å². The first kappa shape index (κ1) is 19.2. The van der Waals surface area contributed by atoms with E-state index in [1.165, 1.54) is 49.7 Å². The molecule has 1 aliphatic carbocycles. The smallest absolute Gasteiger partial charge is 0.335 e. The highest BCUT2D eigenvalue weighted by molar-refractivity contribution is 7.92. The molecule has 2 aromatic rings. The topological polar surface area (TPSA) is 99.6 Å². The second-order valence-electron chi connectivity index (χ2n) is 6.74. The lowest BCUT2D eigenvalue weighted by Gasteiger charge is -2.32. The second-order valence-corrected chi connectivity index (χ2v) is 8.43. The van der Waals surface area contributed by atoms with Crippen molar-refractivity contribution in [2.75, 3.05) is 16.7 Å². The number of sulfonamides is 1. The minimum atomic E-state index is -3.81. The molecule has 7 nitrogen and oxygen atoms in total. The maximum absolute atomic E-state index is 12.5. The van der Waals surface area contributed by atoms with Crippen LogP contribution in [0.2, 0.25) is 0 Å². The van der Waals surface area contributed by atoms with Crippen LogP contribution in [0.15, 0.2) is 47.5 Å². The summed E-state index contributed by atoms with van der Waals surface area (Å²) in [7, 11) is -1.79. The molecule has 2 N–H and O–H groups in total. The fourth-order valence-electron chi connectivity index (χ4n) is 3.30. The van der Waals surface area contributed by atoms with Crippen LogP contribution in [-0.4, -0.2) is 37.6 Å². The summed E-state index contributed by atoms with van der Waals surface area (Å²) in [5.41, 5.74) is 0.392.